The monoisotopic (exact) mass is 491 g/mol. The topological polar surface area (TPSA) is 108 Å². The summed E-state index contributed by atoms with van der Waals surface area (Å²) >= 11 is 0. The fraction of sp³-hybridized carbons (Fsp3) is 0.654. The summed E-state index contributed by atoms with van der Waals surface area (Å²) < 4.78 is 10.3. The van der Waals surface area contributed by atoms with E-state index in [1.807, 2.05) is 43.0 Å². The summed E-state index contributed by atoms with van der Waals surface area (Å²) in [7, 11) is 1.68. The summed E-state index contributed by atoms with van der Waals surface area (Å²) in [5, 5.41) is 12.1. The van der Waals surface area contributed by atoms with Crippen LogP contribution in [0, 0.1) is 5.41 Å². The number of nitrogens with zero attached hydrogens (tertiary/aromatic N) is 2. The Kier molecular flexibility index (Phi) is 10.1. The molecule has 0 aliphatic carbocycles. The maximum absolute atomic E-state index is 12.7. The lowest BCUT2D eigenvalue weighted by Gasteiger charge is -2.34. The third-order valence-electron chi connectivity index (χ3n) is 5.80. The first-order valence-electron chi connectivity index (χ1n) is 12.1. The molecule has 1 fully saturated rings. The van der Waals surface area contributed by atoms with E-state index in [9.17, 15) is 19.5 Å². The molecule has 9 nitrogen and oxygen atoms in total. The average Bonchev–Trinajstić information content (AvgIpc) is 2.72. The van der Waals surface area contributed by atoms with Gasteiger partial charge in [0, 0.05) is 39.0 Å². The molecule has 2 N–H and O–H groups in total. The number of anilines is 1. The van der Waals surface area contributed by atoms with E-state index < -0.39 is 29.1 Å². The summed E-state index contributed by atoms with van der Waals surface area (Å²) in [6, 6.07) is 6.78. The van der Waals surface area contributed by atoms with Crippen molar-refractivity contribution in [2.75, 3.05) is 44.8 Å². The van der Waals surface area contributed by atoms with Crippen molar-refractivity contribution in [2.24, 2.45) is 5.41 Å². The molecule has 0 saturated carbocycles. The highest BCUT2D eigenvalue weighted by Gasteiger charge is 2.31. The van der Waals surface area contributed by atoms with Gasteiger partial charge in [-0.05, 0) is 63.1 Å². The third kappa shape index (κ3) is 9.85. The van der Waals surface area contributed by atoms with E-state index in [1.54, 1.807) is 27.9 Å². The minimum Gasteiger partial charge on any atom is -0.480 e. The summed E-state index contributed by atoms with van der Waals surface area (Å²) in [4.78, 5) is 40.5. The number of carbonyl (C=O) groups excluding carboxylic acids is 2. The largest absolute Gasteiger partial charge is 0.480 e. The van der Waals surface area contributed by atoms with Crippen LogP contribution in [0.15, 0.2) is 24.3 Å². The van der Waals surface area contributed by atoms with Gasteiger partial charge >= 0.3 is 12.1 Å². The minimum absolute atomic E-state index is 0.0827. The van der Waals surface area contributed by atoms with Crippen LogP contribution in [0.4, 0.5) is 10.5 Å². The van der Waals surface area contributed by atoms with Crippen molar-refractivity contribution in [3.05, 3.63) is 29.8 Å². The first-order valence-corrected chi connectivity index (χ1v) is 12.1. The van der Waals surface area contributed by atoms with Crippen molar-refractivity contribution in [3.63, 3.8) is 0 Å². The number of carbonyl (C=O) groups is 3. The fourth-order valence-corrected chi connectivity index (χ4v) is 4.24. The van der Waals surface area contributed by atoms with Crippen molar-refractivity contribution >= 4 is 23.7 Å². The van der Waals surface area contributed by atoms with E-state index in [1.165, 1.54) is 0 Å². The molecule has 2 rings (SSSR count). The lowest BCUT2D eigenvalue weighted by molar-refractivity contribution is -0.140. The van der Waals surface area contributed by atoms with Crippen LogP contribution in [0.3, 0.4) is 0 Å². The van der Waals surface area contributed by atoms with Gasteiger partial charge in [0.25, 0.3) is 0 Å². The number of benzene rings is 1. The minimum atomic E-state index is -1.10. The average molecular weight is 492 g/mol. The number of nitrogens with one attached hydrogen (secondary N) is 1. The smallest absolute Gasteiger partial charge is 0.408 e. The van der Waals surface area contributed by atoms with E-state index in [-0.39, 0.29) is 12.3 Å². The second-order valence-electron chi connectivity index (χ2n) is 10.9. The van der Waals surface area contributed by atoms with Crippen molar-refractivity contribution in [2.45, 2.75) is 65.5 Å². The Balaban J connectivity index is 1.95. The number of carboxylic acids is 1. The second-order valence-corrected chi connectivity index (χ2v) is 10.9. The van der Waals surface area contributed by atoms with E-state index in [0.29, 0.717) is 26.1 Å². The summed E-state index contributed by atoms with van der Waals surface area (Å²) in [6.45, 7) is 12.5. The molecule has 0 radical (unpaired) electrons. The highest BCUT2D eigenvalue weighted by atomic mass is 16.6. The number of piperazine rings is 1. The van der Waals surface area contributed by atoms with Crippen molar-refractivity contribution < 1.29 is 29.0 Å². The van der Waals surface area contributed by atoms with E-state index >= 15 is 0 Å². The zero-order chi connectivity index (χ0) is 26.2. The Morgan fingerprint density at radius 3 is 2.31 bits per heavy atom. The number of hydrogen-bond acceptors (Lipinski definition) is 6. The maximum atomic E-state index is 12.7. The normalized spacial score (nSPS) is 16.2. The molecule has 9 heteroatoms. The van der Waals surface area contributed by atoms with Crippen LogP contribution in [-0.2, 0) is 25.5 Å². The summed E-state index contributed by atoms with van der Waals surface area (Å²) in [6.07, 6.45) is 1.03. The van der Waals surface area contributed by atoms with Crippen LogP contribution in [0.25, 0.3) is 0 Å². The fourth-order valence-electron chi connectivity index (χ4n) is 4.24. The number of methoxy groups -OCH3 is 1. The quantitative estimate of drug-likeness (QED) is 0.457. The molecule has 1 atom stereocenters. The van der Waals surface area contributed by atoms with Crippen molar-refractivity contribution in [1.82, 2.24) is 10.2 Å². The first-order chi connectivity index (χ1) is 16.3. The van der Waals surface area contributed by atoms with E-state index in [4.69, 9.17) is 9.47 Å². The zero-order valence-electron chi connectivity index (χ0n) is 21.9. The van der Waals surface area contributed by atoms with Crippen LogP contribution in [-0.4, -0.2) is 79.5 Å². The van der Waals surface area contributed by atoms with Crippen molar-refractivity contribution in [3.8, 4) is 0 Å². The van der Waals surface area contributed by atoms with Gasteiger partial charge in [-0.1, -0.05) is 26.0 Å². The van der Waals surface area contributed by atoms with Gasteiger partial charge in [-0.3, -0.25) is 9.69 Å². The molecular formula is C26H41N3O6. The summed E-state index contributed by atoms with van der Waals surface area (Å²) in [5.74, 6) is -1.02. The predicted molar refractivity (Wildman–Crippen MR) is 135 cm³/mol. The molecule has 0 unspecified atom stereocenters. The van der Waals surface area contributed by atoms with Gasteiger partial charge in [0.15, 0.2) is 0 Å². The lowest BCUT2D eigenvalue weighted by Crippen LogP contribution is -2.50. The highest BCUT2D eigenvalue weighted by Crippen LogP contribution is 2.29. The molecule has 0 aromatic heterocycles. The van der Waals surface area contributed by atoms with Crippen LogP contribution < -0.4 is 10.2 Å². The molecule has 1 aromatic rings. The SMILES string of the molecule is COCCCN1CCN(c2ccc(CC(C)(C)C[C@H](NC(=O)OC(C)(C)C)C(=O)O)cc2)C(=O)C1. The first kappa shape index (κ1) is 28.6. The predicted octanol–water partition coefficient (Wildman–Crippen LogP) is 3.31. The number of hydrogen-bond donors (Lipinski definition) is 2. The van der Waals surface area contributed by atoms with Gasteiger partial charge in [0.05, 0.1) is 6.54 Å². The van der Waals surface area contributed by atoms with Crippen LogP contribution in [0.1, 0.15) is 53.0 Å². The molecule has 1 heterocycles. The third-order valence-corrected chi connectivity index (χ3v) is 5.80. The van der Waals surface area contributed by atoms with Gasteiger partial charge in [0.2, 0.25) is 5.91 Å². The van der Waals surface area contributed by atoms with Gasteiger partial charge in [-0.2, -0.15) is 0 Å². The molecule has 0 spiro atoms. The summed E-state index contributed by atoms with van der Waals surface area (Å²) in [5.41, 5.74) is 0.792. The van der Waals surface area contributed by atoms with Crippen molar-refractivity contribution in [1.29, 1.82) is 0 Å². The number of ether oxygens (including phenoxy) is 2. The molecular weight excluding hydrogens is 450 g/mol. The van der Waals surface area contributed by atoms with Gasteiger partial charge in [-0.15, -0.1) is 0 Å². The lowest BCUT2D eigenvalue weighted by atomic mass is 9.80. The molecule has 0 bridgehead atoms. The second kappa shape index (κ2) is 12.4. The molecule has 1 aromatic carbocycles. The molecule has 1 aliphatic heterocycles. The van der Waals surface area contributed by atoms with Gasteiger partial charge < -0.3 is 24.8 Å². The molecule has 196 valence electrons. The molecule has 1 saturated heterocycles. The Labute approximate surface area is 208 Å². The number of amides is 2. The highest BCUT2D eigenvalue weighted by molar-refractivity contribution is 5.95. The van der Waals surface area contributed by atoms with Crippen LogP contribution in [0.2, 0.25) is 0 Å². The Hall–Kier alpha value is -2.65. The maximum Gasteiger partial charge on any atom is 0.408 e. The van der Waals surface area contributed by atoms with E-state index in [0.717, 1.165) is 30.8 Å². The number of alkyl carbamates (subject to hydrolysis) is 1. The van der Waals surface area contributed by atoms with Gasteiger partial charge in [0.1, 0.15) is 11.6 Å². The van der Waals surface area contributed by atoms with E-state index in [2.05, 4.69) is 10.2 Å². The number of rotatable bonds is 11. The zero-order valence-corrected chi connectivity index (χ0v) is 21.9. The Morgan fingerprint density at radius 2 is 1.77 bits per heavy atom. The van der Waals surface area contributed by atoms with Crippen LogP contribution >= 0.6 is 0 Å². The number of carboxylic acid groups (broad SMARTS) is 1. The Bertz CT molecular complexity index is 863. The Morgan fingerprint density at radius 1 is 1.11 bits per heavy atom. The standard InChI is InChI=1S/C26H41N3O6/c1-25(2,3)35-24(33)27-21(23(31)32)17-26(4,5)16-19-8-10-20(11-9-19)29-14-13-28(18-22(29)30)12-7-15-34-6/h8-11,21H,7,12-18H2,1-6H3,(H,27,33)(H,31,32)/t21-/m0/s1. The van der Waals surface area contributed by atoms with Crippen LogP contribution in [0.5, 0.6) is 0 Å². The molecule has 2 amide bonds. The molecule has 1 aliphatic rings. The van der Waals surface area contributed by atoms with Gasteiger partial charge in [-0.25, -0.2) is 9.59 Å². The molecule has 35 heavy (non-hydrogen) atoms. The number of aliphatic carboxylic acids is 1.